The highest BCUT2D eigenvalue weighted by Crippen LogP contribution is 2.52. The summed E-state index contributed by atoms with van der Waals surface area (Å²) in [6.07, 6.45) is 0.300. The normalized spacial score (nSPS) is 26.9. The second kappa shape index (κ2) is 6.34. The Morgan fingerprint density at radius 2 is 1.68 bits per heavy atom. The van der Waals surface area contributed by atoms with Gasteiger partial charge < -0.3 is 19.9 Å². The number of carboxylic acids is 1. The number of carboxylic acid groups (broad SMARTS) is 1. The van der Waals surface area contributed by atoms with Crippen molar-refractivity contribution in [2.24, 2.45) is 5.92 Å². The van der Waals surface area contributed by atoms with E-state index >= 15 is 0 Å². The molecule has 144 valence electrons. The number of hydrogen-bond donors (Lipinski definition) is 2. The van der Waals surface area contributed by atoms with Crippen molar-refractivity contribution in [3.63, 3.8) is 0 Å². The molecule has 2 aromatic carbocycles. The number of alkyl carbamates (subject to hydrolysis) is 1. The second-order valence-electron chi connectivity index (χ2n) is 7.83. The number of hydrogen-bond acceptors (Lipinski definition) is 4. The van der Waals surface area contributed by atoms with Crippen LogP contribution in [0.15, 0.2) is 48.5 Å². The van der Waals surface area contributed by atoms with E-state index in [2.05, 4.69) is 29.6 Å². The van der Waals surface area contributed by atoms with Crippen molar-refractivity contribution >= 4 is 12.1 Å². The average Bonchev–Trinajstić information content (AvgIpc) is 3.32. The number of amides is 1. The molecule has 3 fully saturated rings. The Morgan fingerprint density at radius 1 is 1.07 bits per heavy atom. The lowest BCUT2D eigenvalue weighted by molar-refractivity contribution is -0.163. The molecule has 2 aromatic rings. The Morgan fingerprint density at radius 3 is 2.25 bits per heavy atom. The van der Waals surface area contributed by atoms with Gasteiger partial charge in [0.2, 0.25) is 0 Å². The molecule has 2 aliphatic heterocycles. The van der Waals surface area contributed by atoms with Crippen LogP contribution in [0.2, 0.25) is 0 Å². The van der Waals surface area contributed by atoms with Gasteiger partial charge in [-0.3, -0.25) is 0 Å². The van der Waals surface area contributed by atoms with E-state index < -0.39 is 17.7 Å². The summed E-state index contributed by atoms with van der Waals surface area (Å²) in [5.74, 6) is -0.693. The van der Waals surface area contributed by atoms with E-state index in [0.717, 1.165) is 0 Å². The van der Waals surface area contributed by atoms with E-state index in [4.69, 9.17) is 9.47 Å². The van der Waals surface area contributed by atoms with Crippen LogP contribution in [0.3, 0.4) is 0 Å². The number of ether oxygens (including phenoxy) is 2. The number of benzene rings is 2. The predicted molar refractivity (Wildman–Crippen MR) is 101 cm³/mol. The van der Waals surface area contributed by atoms with Gasteiger partial charge in [0.25, 0.3) is 0 Å². The second-order valence-corrected chi connectivity index (χ2v) is 7.83. The Kier molecular flexibility index (Phi) is 3.91. The van der Waals surface area contributed by atoms with Gasteiger partial charge in [-0.2, -0.15) is 0 Å². The third-order valence-electron chi connectivity index (χ3n) is 6.27. The van der Waals surface area contributed by atoms with Crippen molar-refractivity contribution in [3.8, 4) is 11.1 Å². The smallest absolute Gasteiger partial charge is 0.407 e. The van der Waals surface area contributed by atoms with Gasteiger partial charge in [0, 0.05) is 12.5 Å². The SMILES string of the molecule is O=C(NCC1OC2(C(=O)O)CC1C2)OCC1c2ccccc2-c2ccccc21. The molecule has 2 bridgehead atoms. The fourth-order valence-electron chi connectivity index (χ4n) is 4.80. The lowest BCUT2D eigenvalue weighted by Crippen LogP contribution is -2.44. The summed E-state index contributed by atoms with van der Waals surface area (Å²) in [4.78, 5) is 23.5. The van der Waals surface area contributed by atoms with Gasteiger partial charge in [0.1, 0.15) is 6.61 Å². The molecular formula is C22H21NO5. The van der Waals surface area contributed by atoms with Crippen LogP contribution in [-0.4, -0.2) is 42.0 Å². The fourth-order valence-corrected chi connectivity index (χ4v) is 4.80. The first-order valence-electron chi connectivity index (χ1n) is 9.57. The highest BCUT2D eigenvalue weighted by molar-refractivity contribution is 5.80. The van der Waals surface area contributed by atoms with Crippen molar-refractivity contribution in [3.05, 3.63) is 59.7 Å². The van der Waals surface area contributed by atoms with Gasteiger partial charge in [-0.25, -0.2) is 9.59 Å². The largest absolute Gasteiger partial charge is 0.479 e. The maximum Gasteiger partial charge on any atom is 0.407 e. The lowest BCUT2D eigenvalue weighted by atomic mass is 9.72. The molecule has 4 aliphatic rings. The minimum absolute atomic E-state index is 0.0176. The summed E-state index contributed by atoms with van der Waals surface area (Å²) in [5.41, 5.74) is 3.67. The zero-order chi connectivity index (χ0) is 19.3. The topological polar surface area (TPSA) is 84.9 Å². The van der Waals surface area contributed by atoms with E-state index in [-0.39, 0.29) is 31.1 Å². The van der Waals surface area contributed by atoms with Crippen LogP contribution in [0.5, 0.6) is 0 Å². The molecule has 1 atom stereocenters. The highest BCUT2D eigenvalue weighted by Gasteiger charge is 2.62. The quantitative estimate of drug-likeness (QED) is 0.834. The van der Waals surface area contributed by atoms with E-state index in [1.165, 1.54) is 22.3 Å². The van der Waals surface area contributed by atoms with Crippen LogP contribution in [0.25, 0.3) is 11.1 Å². The van der Waals surface area contributed by atoms with E-state index in [1.54, 1.807) is 0 Å². The summed E-state index contributed by atoms with van der Waals surface area (Å²) in [5, 5.41) is 12.0. The number of rotatable bonds is 5. The third-order valence-corrected chi connectivity index (χ3v) is 6.27. The Labute approximate surface area is 162 Å². The van der Waals surface area contributed by atoms with Gasteiger partial charge in [0.15, 0.2) is 5.60 Å². The first-order valence-corrected chi connectivity index (χ1v) is 9.57. The van der Waals surface area contributed by atoms with Gasteiger partial charge in [-0.15, -0.1) is 0 Å². The van der Waals surface area contributed by atoms with Crippen LogP contribution in [-0.2, 0) is 14.3 Å². The van der Waals surface area contributed by atoms with E-state index in [1.807, 2.05) is 24.3 Å². The summed E-state index contributed by atoms with van der Waals surface area (Å²) < 4.78 is 11.1. The third kappa shape index (κ3) is 2.59. The van der Waals surface area contributed by atoms with Crippen molar-refractivity contribution < 1.29 is 24.2 Å². The van der Waals surface area contributed by atoms with Crippen LogP contribution in [0, 0.1) is 5.92 Å². The van der Waals surface area contributed by atoms with Crippen molar-refractivity contribution in [1.29, 1.82) is 0 Å². The standard InChI is InChI=1S/C22H21NO5/c24-20(25)22-9-13(10-22)19(28-22)11-23-21(26)27-12-18-16-7-3-1-5-14(16)15-6-2-4-8-17(15)18/h1-8,13,18-19H,9-12H2,(H,23,26)(H,24,25). The first-order chi connectivity index (χ1) is 13.6. The maximum atomic E-state index is 12.2. The minimum atomic E-state index is -1.03. The van der Waals surface area contributed by atoms with Gasteiger partial charge in [0.05, 0.1) is 6.10 Å². The molecular weight excluding hydrogens is 358 g/mol. The average molecular weight is 379 g/mol. The lowest BCUT2D eigenvalue weighted by Gasteiger charge is -2.30. The van der Waals surface area contributed by atoms with Crippen LogP contribution in [0.4, 0.5) is 4.79 Å². The highest BCUT2D eigenvalue weighted by atomic mass is 16.6. The number of aliphatic carboxylic acids is 1. The monoisotopic (exact) mass is 379 g/mol. The zero-order valence-corrected chi connectivity index (χ0v) is 15.3. The minimum Gasteiger partial charge on any atom is -0.479 e. The van der Waals surface area contributed by atoms with Crippen molar-refractivity contribution in [2.45, 2.75) is 30.5 Å². The molecule has 2 heterocycles. The molecule has 0 radical (unpaired) electrons. The molecule has 0 aromatic heterocycles. The van der Waals surface area contributed by atoms with E-state index in [9.17, 15) is 14.7 Å². The first kappa shape index (κ1) is 17.3. The maximum absolute atomic E-state index is 12.2. The molecule has 2 saturated heterocycles. The Balaban J connectivity index is 1.19. The van der Waals surface area contributed by atoms with Crippen LogP contribution in [0.1, 0.15) is 29.9 Å². The summed E-state index contributed by atoms with van der Waals surface area (Å²) >= 11 is 0. The van der Waals surface area contributed by atoms with Gasteiger partial charge in [-0.1, -0.05) is 48.5 Å². The van der Waals surface area contributed by atoms with Crippen LogP contribution < -0.4 is 5.32 Å². The molecule has 6 rings (SSSR count). The predicted octanol–water partition coefficient (Wildman–Crippen LogP) is 3.16. The molecule has 1 amide bonds. The molecule has 1 saturated carbocycles. The van der Waals surface area contributed by atoms with Gasteiger partial charge in [-0.05, 0) is 41.0 Å². The number of nitrogens with one attached hydrogen (secondary N) is 1. The van der Waals surface area contributed by atoms with Crippen LogP contribution >= 0.6 is 0 Å². The molecule has 6 heteroatoms. The van der Waals surface area contributed by atoms with E-state index in [0.29, 0.717) is 12.8 Å². The Bertz CT molecular complexity index is 904. The fraction of sp³-hybridized carbons (Fsp3) is 0.364. The van der Waals surface area contributed by atoms with Gasteiger partial charge >= 0.3 is 12.1 Å². The number of fused-ring (bicyclic) bond motifs is 4. The molecule has 1 unspecified atom stereocenters. The summed E-state index contributed by atoms with van der Waals surface area (Å²) in [6, 6.07) is 16.4. The molecule has 28 heavy (non-hydrogen) atoms. The molecule has 2 N–H and O–H groups in total. The zero-order valence-electron chi connectivity index (χ0n) is 15.3. The molecule has 2 aliphatic carbocycles. The number of carbonyl (C=O) groups is 2. The molecule has 0 spiro atoms. The Hall–Kier alpha value is -2.86. The molecule has 6 nitrogen and oxygen atoms in total. The summed E-state index contributed by atoms with van der Waals surface area (Å²) in [6.45, 7) is 0.532. The van der Waals surface area contributed by atoms with Crippen molar-refractivity contribution in [1.82, 2.24) is 5.32 Å². The number of carbonyl (C=O) groups excluding carboxylic acids is 1. The van der Waals surface area contributed by atoms with Crippen molar-refractivity contribution in [2.75, 3.05) is 13.2 Å². The summed E-state index contributed by atoms with van der Waals surface area (Å²) in [7, 11) is 0.